The lowest BCUT2D eigenvalue weighted by Crippen LogP contribution is -2.21. The molecule has 0 spiro atoms. The highest BCUT2D eigenvalue weighted by Gasteiger charge is 2.32. The quantitative estimate of drug-likeness (QED) is 0.491. The highest BCUT2D eigenvalue weighted by atomic mass is 32.1. The first-order chi connectivity index (χ1) is 15.0. The summed E-state index contributed by atoms with van der Waals surface area (Å²) in [6, 6.07) is 5.68. The number of carbonyl (C=O) groups excluding carboxylic acids is 1. The summed E-state index contributed by atoms with van der Waals surface area (Å²) in [5.41, 5.74) is 5.26. The van der Waals surface area contributed by atoms with E-state index in [4.69, 9.17) is 14.5 Å². The van der Waals surface area contributed by atoms with Crippen molar-refractivity contribution in [2.45, 2.75) is 59.5 Å². The number of phenolic OH excluding ortho intramolecular Hbond substituents is 1. The lowest BCUT2D eigenvalue weighted by Gasteiger charge is -2.23. The zero-order chi connectivity index (χ0) is 22.1. The van der Waals surface area contributed by atoms with Gasteiger partial charge in [-0.25, -0.2) is 9.78 Å². The fraction of sp³-hybridized carbons (Fsp3) is 0.440. The maximum absolute atomic E-state index is 12.9. The second kappa shape index (κ2) is 8.97. The molecule has 1 aliphatic carbocycles. The standard InChI is InChI=1S/C25H29NO4S/c1-5-29-23(25(28)30-6-2)20-15(4)26-24-22(17-9-7-8-10-19(17)31-24)21(20)16-12-11-14(3)13-18(16)27/h11-13,23,27H,5-10H2,1-4H3. The first-order valence-corrected chi connectivity index (χ1v) is 11.8. The Morgan fingerprint density at radius 1 is 1.19 bits per heavy atom. The number of thiophene rings is 1. The number of phenols is 1. The minimum absolute atomic E-state index is 0.197. The Balaban J connectivity index is 2.09. The Morgan fingerprint density at radius 2 is 1.97 bits per heavy atom. The van der Waals surface area contributed by atoms with Gasteiger partial charge in [-0.15, -0.1) is 11.3 Å². The number of aromatic hydroxyl groups is 1. The molecule has 0 bridgehead atoms. The summed E-state index contributed by atoms with van der Waals surface area (Å²) >= 11 is 1.73. The van der Waals surface area contributed by atoms with E-state index in [2.05, 4.69) is 0 Å². The molecule has 5 nitrogen and oxygen atoms in total. The molecular weight excluding hydrogens is 410 g/mol. The van der Waals surface area contributed by atoms with Crippen molar-refractivity contribution in [2.75, 3.05) is 13.2 Å². The molecule has 4 rings (SSSR count). The van der Waals surface area contributed by atoms with Gasteiger partial charge in [-0.2, -0.15) is 0 Å². The van der Waals surface area contributed by atoms with Crippen LogP contribution in [0.25, 0.3) is 21.3 Å². The van der Waals surface area contributed by atoms with Crippen molar-refractivity contribution in [3.05, 3.63) is 45.5 Å². The zero-order valence-electron chi connectivity index (χ0n) is 18.6. The molecule has 31 heavy (non-hydrogen) atoms. The minimum Gasteiger partial charge on any atom is -0.507 e. The molecule has 0 saturated carbocycles. The first-order valence-electron chi connectivity index (χ1n) is 11.0. The molecule has 6 heteroatoms. The van der Waals surface area contributed by atoms with E-state index in [0.29, 0.717) is 17.7 Å². The monoisotopic (exact) mass is 439 g/mol. The van der Waals surface area contributed by atoms with Gasteiger partial charge >= 0.3 is 5.97 Å². The molecule has 164 valence electrons. The van der Waals surface area contributed by atoms with Crippen LogP contribution < -0.4 is 0 Å². The summed E-state index contributed by atoms with van der Waals surface area (Å²) in [5, 5.41) is 12.0. The highest BCUT2D eigenvalue weighted by Crippen LogP contribution is 2.47. The van der Waals surface area contributed by atoms with Crippen molar-refractivity contribution in [3.63, 3.8) is 0 Å². The molecule has 0 amide bonds. The van der Waals surface area contributed by atoms with Gasteiger partial charge in [0.2, 0.25) is 0 Å². The number of aryl methyl sites for hydroxylation is 4. The molecule has 1 unspecified atom stereocenters. The maximum atomic E-state index is 12.9. The predicted octanol–water partition coefficient (Wildman–Crippen LogP) is 5.81. The normalized spacial score (nSPS) is 14.5. The third-order valence-electron chi connectivity index (χ3n) is 5.85. The van der Waals surface area contributed by atoms with Crippen molar-refractivity contribution in [3.8, 4) is 16.9 Å². The molecular formula is C25H29NO4S. The fourth-order valence-electron chi connectivity index (χ4n) is 4.52. The second-order valence-corrected chi connectivity index (χ2v) is 9.07. The lowest BCUT2D eigenvalue weighted by molar-refractivity contribution is -0.157. The van der Waals surface area contributed by atoms with E-state index in [1.165, 1.54) is 16.9 Å². The van der Waals surface area contributed by atoms with Gasteiger partial charge in [0.1, 0.15) is 10.6 Å². The minimum atomic E-state index is -0.892. The zero-order valence-corrected chi connectivity index (χ0v) is 19.4. The number of benzene rings is 1. The van der Waals surface area contributed by atoms with Crippen LogP contribution in [0, 0.1) is 13.8 Å². The Hall–Kier alpha value is -2.44. The highest BCUT2D eigenvalue weighted by molar-refractivity contribution is 7.19. The Labute approximate surface area is 187 Å². The van der Waals surface area contributed by atoms with Gasteiger partial charge in [0, 0.05) is 39.3 Å². The van der Waals surface area contributed by atoms with E-state index in [-0.39, 0.29) is 12.4 Å². The van der Waals surface area contributed by atoms with E-state index in [0.717, 1.165) is 46.3 Å². The second-order valence-electron chi connectivity index (χ2n) is 7.98. The topological polar surface area (TPSA) is 68.7 Å². The van der Waals surface area contributed by atoms with Crippen molar-refractivity contribution >= 4 is 27.5 Å². The smallest absolute Gasteiger partial charge is 0.340 e. The summed E-state index contributed by atoms with van der Waals surface area (Å²) in [7, 11) is 0. The van der Waals surface area contributed by atoms with Gasteiger partial charge in [0.05, 0.1) is 6.61 Å². The summed E-state index contributed by atoms with van der Waals surface area (Å²) in [6.07, 6.45) is 3.46. The molecule has 0 aliphatic heterocycles. The molecule has 2 aromatic heterocycles. The van der Waals surface area contributed by atoms with E-state index >= 15 is 0 Å². The average molecular weight is 440 g/mol. The van der Waals surface area contributed by atoms with Crippen LogP contribution in [0.15, 0.2) is 18.2 Å². The van der Waals surface area contributed by atoms with Crippen molar-refractivity contribution in [1.82, 2.24) is 4.98 Å². The number of carbonyl (C=O) groups is 1. The van der Waals surface area contributed by atoms with Gasteiger partial charge in [0.15, 0.2) is 6.10 Å². The number of hydrogen-bond acceptors (Lipinski definition) is 6. The molecule has 0 fully saturated rings. The molecule has 3 aromatic rings. The van der Waals surface area contributed by atoms with E-state index in [9.17, 15) is 9.90 Å². The maximum Gasteiger partial charge on any atom is 0.340 e. The molecule has 2 heterocycles. The van der Waals surface area contributed by atoms with E-state index in [1.54, 1.807) is 24.3 Å². The first kappa shape index (κ1) is 21.8. The van der Waals surface area contributed by atoms with Crippen LogP contribution in [-0.2, 0) is 27.1 Å². The summed E-state index contributed by atoms with van der Waals surface area (Å²) in [5.74, 6) is -0.228. The van der Waals surface area contributed by atoms with Gasteiger partial charge in [-0.3, -0.25) is 0 Å². The molecule has 0 saturated heterocycles. The van der Waals surface area contributed by atoms with Crippen LogP contribution in [-0.4, -0.2) is 29.3 Å². The summed E-state index contributed by atoms with van der Waals surface area (Å²) in [6.45, 7) is 8.15. The number of aromatic nitrogens is 1. The lowest BCUT2D eigenvalue weighted by atomic mass is 9.87. The molecule has 0 radical (unpaired) electrons. The largest absolute Gasteiger partial charge is 0.507 e. The predicted molar refractivity (Wildman–Crippen MR) is 124 cm³/mol. The van der Waals surface area contributed by atoms with Crippen LogP contribution in [0.5, 0.6) is 5.75 Å². The number of rotatable bonds is 6. The van der Waals surface area contributed by atoms with Crippen molar-refractivity contribution in [1.29, 1.82) is 0 Å². The molecule has 1 aromatic carbocycles. The number of hydrogen-bond donors (Lipinski definition) is 1. The third kappa shape index (κ3) is 3.94. The van der Waals surface area contributed by atoms with Crippen LogP contribution >= 0.6 is 11.3 Å². The summed E-state index contributed by atoms with van der Waals surface area (Å²) < 4.78 is 11.3. The number of pyridine rings is 1. The van der Waals surface area contributed by atoms with Crippen LogP contribution in [0.1, 0.15) is 60.1 Å². The van der Waals surface area contributed by atoms with Crippen LogP contribution in [0.2, 0.25) is 0 Å². The summed E-state index contributed by atoms with van der Waals surface area (Å²) in [4.78, 5) is 20.2. The van der Waals surface area contributed by atoms with Gasteiger partial charge in [-0.05, 0) is 70.6 Å². The molecule has 1 N–H and O–H groups in total. The Morgan fingerprint density at radius 3 is 2.68 bits per heavy atom. The van der Waals surface area contributed by atoms with Crippen LogP contribution in [0.4, 0.5) is 0 Å². The Kier molecular flexibility index (Phi) is 6.30. The van der Waals surface area contributed by atoms with Gasteiger partial charge in [-0.1, -0.05) is 12.1 Å². The average Bonchev–Trinajstić information content (AvgIpc) is 3.10. The number of ether oxygens (including phenoxy) is 2. The van der Waals surface area contributed by atoms with Crippen LogP contribution in [0.3, 0.4) is 0 Å². The number of nitrogens with zero attached hydrogens (tertiary/aromatic N) is 1. The number of fused-ring (bicyclic) bond motifs is 3. The van der Waals surface area contributed by atoms with Gasteiger partial charge < -0.3 is 14.6 Å². The molecule has 1 atom stereocenters. The SMILES string of the molecule is CCOC(=O)C(OCC)c1c(C)nc2sc3c(c2c1-c1ccc(C)cc1O)CCCC3. The van der Waals surface area contributed by atoms with E-state index < -0.39 is 12.1 Å². The van der Waals surface area contributed by atoms with Crippen molar-refractivity contribution in [2.24, 2.45) is 0 Å². The van der Waals surface area contributed by atoms with E-state index in [1.807, 2.05) is 32.9 Å². The van der Waals surface area contributed by atoms with Crippen molar-refractivity contribution < 1.29 is 19.4 Å². The molecule has 1 aliphatic rings. The Bertz CT molecular complexity index is 1130. The fourth-order valence-corrected chi connectivity index (χ4v) is 5.84. The third-order valence-corrected chi connectivity index (χ3v) is 7.04. The number of esters is 1. The van der Waals surface area contributed by atoms with Gasteiger partial charge in [0.25, 0.3) is 0 Å².